The summed E-state index contributed by atoms with van der Waals surface area (Å²) in [7, 11) is -1.33. The molecule has 7 nitrogen and oxygen atoms in total. The summed E-state index contributed by atoms with van der Waals surface area (Å²) in [6.45, 7) is 3.76. The lowest BCUT2D eigenvalue weighted by Crippen LogP contribution is -2.48. The minimum absolute atomic E-state index is 0.0361. The first-order valence-corrected chi connectivity index (χ1v) is 9.80. The van der Waals surface area contributed by atoms with E-state index in [0.29, 0.717) is 12.4 Å². The van der Waals surface area contributed by atoms with Gasteiger partial charge in [-0.2, -0.15) is 0 Å². The second kappa shape index (κ2) is 8.97. The Kier molecular flexibility index (Phi) is 7.64. The van der Waals surface area contributed by atoms with Crippen molar-refractivity contribution < 1.29 is 13.2 Å². The van der Waals surface area contributed by atoms with Crippen LogP contribution in [0.3, 0.4) is 0 Å². The van der Waals surface area contributed by atoms with Crippen molar-refractivity contribution in [2.24, 2.45) is 4.99 Å². The zero-order valence-electron chi connectivity index (χ0n) is 13.8. The molecule has 22 heavy (non-hydrogen) atoms. The molecule has 0 aromatic heterocycles. The van der Waals surface area contributed by atoms with Crippen LogP contribution in [0.15, 0.2) is 4.99 Å². The molecule has 0 aromatic carbocycles. The Morgan fingerprint density at radius 2 is 1.91 bits per heavy atom. The van der Waals surface area contributed by atoms with Crippen molar-refractivity contribution in [2.45, 2.75) is 38.6 Å². The maximum Gasteiger partial charge on any atom is 0.241 e. The first kappa shape index (κ1) is 18.7. The lowest BCUT2D eigenvalue weighted by atomic mass is 10.1. The highest BCUT2D eigenvalue weighted by atomic mass is 32.2. The van der Waals surface area contributed by atoms with Gasteiger partial charge in [0.15, 0.2) is 5.96 Å². The van der Waals surface area contributed by atoms with Crippen molar-refractivity contribution in [3.8, 4) is 0 Å². The van der Waals surface area contributed by atoms with Crippen molar-refractivity contribution >= 4 is 21.7 Å². The minimum Gasteiger partial charge on any atom is -0.354 e. The van der Waals surface area contributed by atoms with Crippen LogP contribution in [0.4, 0.5) is 0 Å². The van der Waals surface area contributed by atoms with Crippen LogP contribution in [0.1, 0.15) is 32.6 Å². The Morgan fingerprint density at radius 3 is 2.45 bits per heavy atom. The molecule has 1 unspecified atom stereocenters. The van der Waals surface area contributed by atoms with Crippen LogP contribution >= 0.6 is 0 Å². The van der Waals surface area contributed by atoms with Gasteiger partial charge in [0.05, 0.1) is 12.3 Å². The molecule has 1 fully saturated rings. The fourth-order valence-electron chi connectivity index (χ4n) is 2.31. The van der Waals surface area contributed by atoms with E-state index < -0.39 is 9.84 Å². The number of guanidine groups is 1. The average Bonchev–Trinajstić information content (AvgIpc) is 2.49. The molecule has 128 valence electrons. The number of carbonyl (C=O) groups is 1. The number of rotatable bonds is 6. The number of nitrogens with one attached hydrogen (secondary N) is 2. The van der Waals surface area contributed by atoms with Crippen LogP contribution in [0, 0.1) is 0 Å². The molecule has 1 rings (SSSR count). The molecule has 1 aliphatic heterocycles. The first-order valence-electron chi connectivity index (χ1n) is 7.74. The van der Waals surface area contributed by atoms with E-state index in [1.807, 2.05) is 11.8 Å². The van der Waals surface area contributed by atoms with E-state index in [1.165, 1.54) is 12.7 Å². The Labute approximate surface area is 133 Å². The molecular formula is C14H28N4O3S. The molecule has 2 N–H and O–H groups in total. The fraction of sp³-hybridized carbons (Fsp3) is 0.857. The van der Waals surface area contributed by atoms with Crippen molar-refractivity contribution in [1.29, 1.82) is 0 Å². The normalized spacial score (nSPS) is 18.0. The standard InChI is InChI=1S/C14H28N4O3S/c1-12(7-10-22(3,20)21)17-14(15-2)16-11-13(19)18-8-5-4-6-9-18/h12H,4-11H2,1-3H3,(H2,15,16,17). The lowest BCUT2D eigenvalue weighted by Gasteiger charge is -2.27. The highest BCUT2D eigenvalue weighted by molar-refractivity contribution is 7.90. The number of likely N-dealkylation sites (tertiary alicyclic amines) is 1. The van der Waals surface area contributed by atoms with Crippen LogP contribution in [0.5, 0.6) is 0 Å². The molecule has 8 heteroatoms. The van der Waals surface area contributed by atoms with Gasteiger partial charge in [0.1, 0.15) is 9.84 Å². The second-order valence-corrected chi connectivity index (χ2v) is 8.09. The Hall–Kier alpha value is -1.31. The molecular weight excluding hydrogens is 304 g/mol. The first-order chi connectivity index (χ1) is 10.3. The van der Waals surface area contributed by atoms with E-state index >= 15 is 0 Å². The predicted molar refractivity (Wildman–Crippen MR) is 88.7 cm³/mol. The fourth-order valence-corrected chi connectivity index (χ4v) is 3.09. The van der Waals surface area contributed by atoms with Crippen LogP contribution in [0.25, 0.3) is 0 Å². The maximum absolute atomic E-state index is 12.1. The Morgan fingerprint density at radius 1 is 1.27 bits per heavy atom. The van der Waals surface area contributed by atoms with Gasteiger partial charge in [-0.15, -0.1) is 0 Å². The van der Waals surface area contributed by atoms with Crippen molar-refractivity contribution in [2.75, 3.05) is 38.7 Å². The number of sulfone groups is 1. The molecule has 0 aromatic rings. The SMILES string of the molecule is CN=C(NCC(=O)N1CCCCC1)NC(C)CCS(C)(=O)=O. The van der Waals surface area contributed by atoms with Crippen LogP contribution < -0.4 is 10.6 Å². The third-order valence-electron chi connectivity index (χ3n) is 3.64. The maximum atomic E-state index is 12.1. The summed E-state index contributed by atoms with van der Waals surface area (Å²) in [5.74, 6) is 0.725. The predicted octanol–water partition coefficient (Wildman–Crippen LogP) is -0.0129. The quantitative estimate of drug-likeness (QED) is 0.527. The van der Waals surface area contributed by atoms with Crippen molar-refractivity contribution in [3.63, 3.8) is 0 Å². The third kappa shape index (κ3) is 7.63. The molecule has 1 saturated heterocycles. The summed E-state index contributed by atoms with van der Waals surface area (Å²) >= 11 is 0. The van der Waals surface area contributed by atoms with E-state index in [-0.39, 0.29) is 24.2 Å². The number of amides is 1. The van der Waals surface area contributed by atoms with Gasteiger partial charge < -0.3 is 15.5 Å². The highest BCUT2D eigenvalue weighted by Crippen LogP contribution is 2.08. The largest absolute Gasteiger partial charge is 0.354 e. The van der Waals surface area contributed by atoms with Crippen LogP contribution in [0.2, 0.25) is 0 Å². The van der Waals surface area contributed by atoms with Gasteiger partial charge >= 0.3 is 0 Å². The zero-order chi connectivity index (χ0) is 16.6. The summed E-state index contributed by atoms with van der Waals surface area (Å²) in [5, 5.41) is 6.09. The summed E-state index contributed by atoms with van der Waals surface area (Å²) in [6, 6.07) is -0.0361. The number of aliphatic imine (C=N–C) groups is 1. The second-order valence-electron chi connectivity index (χ2n) is 5.83. The Bertz CT molecular complexity index is 484. The smallest absolute Gasteiger partial charge is 0.241 e. The molecule has 1 amide bonds. The number of nitrogens with zero attached hydrogens (tertiary/aromatic N) is 2. The van der Waals surface area contributed by atoms with Gasteiger partial charge in [0, 0.05) is 32.4 Å². The van der Waals surface area contributed by atoms with E-state index in [0.717, 1.165) is 25.9 Å². The van der Waals surface area contributed by atoms with Gasteiger partial charge in [-0.05, 0) is 32.6 Å². The van der Waals surface area contributed by atoms with Crippen molar-refractivity contribution in [1.82, 2.24) is 15.5 Å². The monoisotopic (exact) mass is 332 g/mol. The van der Waals surface area contributed by atoms with E-state index in [2.05, 4.69) is 15.6 Å². The van der Waals surface area contributed by atoms with Gasteiger partial charge in [-0.25, -0.2) is 8.42 Å². The molecule has 1 aliphatic rings. The van der Waals surface area contributed by atoms with Crippen LogP contribution in [-0.4, -0.2) is 69.9 Å². The van der Waals surface area contributed by atoms with E-state index in [4.69, 9.17) is 0 Å². The summed E-state index contributed by atoms with van der Waals surface area (Å²) in [5.41, 5.74) is 0. The van der Waals surface area contributed by atoms with Gasteiger partial charge in [0.2, 0.25) is 5.91 Å². The average molecular weight is 332 g/mol. The minimum atomic E-state index is -2.96. The summed E-state index contributed by atoms with van der Waals surface area (Å²) < 4.78 is 22.3. The molecule has 0 aliphatic carbocycles. The molecule has 0 spiro atoms. The van der Waals surface area contributed by atoms with Gasteiger partial charge in [-0.1, -0.05) is 0 Å². The molecule has 1 heterocycles. The van der Waals surface area contributed by atoms with E-state index in [1.54, 1.807) is 7.05 Å². The van der Waals surface area contributed by atoms with Crippen molar-refractivity contribution in [3.05, 3.63) is 0 Å². The summed E-state index contributed by atoms with van der Waals surface area (Å²) in [4.78, 5) is 18.0. The lowest BCUT2D eigenvalue weighted by molar-refractivity contribution is -0.130. The number of carbonyl (C=O) groups excluding carboxylic acids is 1. The van der Waals surface area contributed by atoms with E-state index in [9.17, 15) is 13.2 Å². The molecule has 0 bridgehead atoms. The molecule has 1 atom stereocenters. The molecule has 0 saturated carbocycles. The zero-order valence-corrected chi connectivity index (χ0v) is 14.6. The number of piperidine rings is 1. The van der Waals surface area contributed by atoms with Crippen LogP contribution in [-0.2, 0) is 14.6 Å². The highest BCUT2D eigenvalue weighted by Gasteiger charge is 2.17. The number of hydrogen-bond donors (Lipinski definition) is 2. The summed E-state index contributed by atoms with van der Waals surface area (Å²) in [6.07, 6.45) is 5.06. The van der Waals surface area contributed by atoms with Gasteiger partial charge in [-0.3, -0.25) is 9.79 Å². The van der Waals surface area contributed by atoms with Gasteiger partial charge in [0.25, 0.3) is 0 Å². The Balaban J connectivity index is 2.33. The third-order valence-corrected chi connectivity index (χ3v) is 4.62. The molecule has 0 radical (unpaired) electrons. The number of hydrogen-bond acceptors (Lipinski definition) is 4. The topological polar surface area (TPSA) is 90.9 Å².